The van der Waals surface area contributed by atoms with Gasteiger partial charge in [-0.15, -0.1) is 0 Å². The number of nitrogens with zero attached hydrogens (tertiary/aromatic N) is 1. The zero-order valence-corrected chi connectivity index (χ0v) is 11.2. The molecule has 1 aromatic carbocycles. The second kappa shape index (κ2) is 7.28. The van der Waals surface area contributed by atoms with Crippen molar-refractivity contribution >= 4 is 5.90 Å². The fourth-order valence-electron chi connectivity index (χ4n) is 1.37. The molecule has 0 saturated carbocycles. The Morgan fingerprint density at radius 3 is 2.67 bits per heavy atom. The van der Waals surface area contributed by atoms with Gasteiger partial charge in [-0.05, 0) is 31.6 Å². The summed E-state index contributed by atoms with van der Waals surface area (Å²) in [6.07, 6.45) is 7.61. The summed E-state index contributed by atoms with van der Waals surface area (Å²) in [5, 5.41) is 0. The minimum absolute atomic E-state index is 0.583. The van der Waals surface area contributed by atoms with Gasteiger partial charge in [0.25, 0.3) is 0 Å². The van der Waals surface area contributed by atoms with E-state index in [9.17, 15) is 0 Å². The van der Waals surface area contributed by atoms with Crippen LogP contribution in [-0.4, -0.2) is 5.90 Å². The van der Waals surface area contributed by atoms with Gasteiger partial charge in [-0.2, -0.15) is 0 Å². The number of benzene rings is 1. The molecule has 0 radical (unpaired) electrons. The molecule has 0 spiro atoms. The lowest BCUT2D eigenvalue weighted by Crippen LogP contribution is -2.04. The largest absolute Gasteiger partial charge is 0.443 e. The number of ether oxygens (including phenoxy) is 1. The number of para-hydroxylation sites is 1. The monoisotopic (exact) mass is 241 g/mol. The van der Waals surface area contributed by atoms with E-state index in [2.05, 4.69) is 11.6 Å². The van der Waals surface area contributed by atoms with Gasteiger partial charge < -0.3 is 4.74 Å². The van der Waals surface area contributed by atoms with E-state index in [1.807, 2.05) is 69.3 Å². The fourth-order valence-corrected chi connectivity index (χ4v) is 1.37. The molecule has 1 aromatic rings. The first kappa shape index (κ1) is 14.0. The molecular weight excluding hydrogens is 222 g/mol. The molecule has 1 rings (SSSR count). The summed E-state index contributed by atoms with van der Waals surface area (Å²) >= 11 is 0. The van der Waals surface area contributed by atoms with Crippen LogP contribution in [0.2, 0.25) is 0 Å². The number of allylic oxidation sites excluding steroid dienone is 4. The molecule has 0 aromatic heterocycles. The van der Waals surface area contributed by atoms with Gasteiger partial charge in [-0.3, -0.25) is 0 Å². The molecule has 0 bridgehead atoms. The summed E-state index contributed by atoms with van der Waals surface area (Å²) in [7, 11) is 0. The van der Waals surface area contributed by atoms with Crippen molar-refractivity contribution in [3.05, 3.63) is 66.4 Å². The Labute approximate surface area is 109 Å². The first-order valence-electron chi connectivity index (χ1n) is 5.90. The first-order chi connectivity index (χ1) is 8.63. The van der Waals surface area contributed by atoms with E-state index in [1.54, 1.807) is 0 Å². The van der Waals surface area contributed by atoms with Gasteiger partial charge in [0.15, 0.2) is 5.90 Å². The highest BCUT2D eigenvalue weighted by molar-refractivity contribution is 5.77. The molecule has 18 heavy (non-hydrogen) atoms. The molecule has 0 aliphatic rings. The van der Waals surface area contributed by atoms with E-state index in [0.717, 1.165) is 11.3 Å². The molecular formula is C16H19NO. The number of rotatable bonds is 4. The van der Waals surface area contributed by atoms with Gasteiger partial charge in [0.05, 0.1) is 5.70 Å². The third kappa shape index (κ3) is 4.83. The highest BCUT2D eigenvalue weighted by atomic mass is 16.5. The third-order valence-electron chi connectivity index (χ3n) is 2.24. The van der Waals surface area contributed by atoms with E-state index in [4.69, 9.17) is 4.74 Å². The molecule has 0 fully saturated rings. The van der Waals surface area contributed by atoms with Crippen molar-refractivity contribution < 1.29 is 4.74 Å². The highest BCUT2D eigenvalue weighted by Gasteiger charge is 1.99. The molecule has 0 heterocycles. The zero-order chi connectivity index (χ0) is 13.4. The summed E-state index contributed by atoms with van der Waals surface area (Å²) in [4.78, 5) is 4.26. The molecule has 0 amide bonds. The van der Waals surface area contributed by atoms with Gasteiger partial charge in [-0.1, -0.05) is 43.0 Å². The Morgan fingerprint density at radius 2 is 2.00 bits per heavy atom. The molecule has 0 saturated heterocycles. The van der Waals surface area contributed by atoms with Crippen LogP contribution in [0, 0.1) is 6.92 Å². The molecule has 2 nitrogen and oxygen atoms in total. The average molecular weight is 241 g/mol. The smallest absolute Gasteiger partial charge is 0.192 e. The minimum atomic E-state index is 0.583. The summed E-state index contributed by atoms with van der Waals surface area (Å²) in [5.41, 5.74) is 1.75. The molecule has 0 atom stereocenters. The van der Waals surface area contributed by atoms with Crippen molar-refractivity contribution in [2.75, 3.05) is 0 Å². The van der Waals surface area contributed by atoms with Crippen LogP contribution >= 0.6 is 0 Å². The van der Waals surface area contributed by atoms with Crippen molar-refractivity contribution in [2.24, 2.45) is 4.99 Å². The standard InChI is InChI=1S/C16H19NO/c1-5-6-7-11-14(3)17-15(4)18-16-12-9-8-10-13(16)2/h5-12H,3H2,1-2,4H3/b6-5-,11-7-,17-15+. The minimum Gasteiger partial charge on any atom is -0.443 e. The molecule has 2 heteroatoms. The van der Waals surface area contributed by atoms with E-state index in [-0.39, 0.29) is 0 Å². The molecule has 0 aliphatic carbocycles. The summed E-state index contributed by atoms with van der Waals surface area (Å²) < 4.78 is 5.66. The van der Waals surface area contributed by atoms with Crippen LogP contribution in [0.1, 0.15) is 19.4 Å². The summed E-state index contributed by atoms with van der Waals surface area (Å²) in [5.74, 6) is 1.41. The van der Waals surface area contributed by atoms with Gasteiger partial charge in [0.2, 0.25) is 0 Å². The van der Waals surface area contributed by atoms with Gasteiger partial charge in [-0.25, -0.2) is 4.99 Å². The number of hydrogen-bond acceptors (Lipinski definition) is 2. The third-order valence-corrected chi connectivity index (χ3v) is 2.24. The van der Waals surface area contributed by atoms with Crippen molar-refractivity contribution in [1.82, 2.24) is 0 Å². The van der Waals surface area contributed by atoms with E-state index in [1.165, 1.54) is 0 Å². The molecule has 0 unspecified atom stereocenters. The van der Waals surface area contributed by atoms with Crippen molar-refractivity contribution in [3.8, 4) is 5.75 Å². The van der Waals surface area contributed by atoms with Crippen LogP contribution < -0.4 is 4.74 Å². The Balaban J connectivity index is 2.68. The number of aryl methyl sites for hydroxylation is 1. The highest BCUT2D eigenvalue weighted by Crippen LogP contribution is 2.16. The predicted octanol–water partition coefficient (Wildman–Crippen LogP) is 4.44. The molecule has 0 aliphatic heterocycles. The predicted molar refractivity (Wildman–Crippen MR) is 78.0 cm³/mol. The summed E-state index contributed by atoms with van der Waals surface area (Å²) in [6.45, 7) is 9.63. The maximum absolute atomic E-state index is 5.66. The molecule has 94 valence electrons. The van der Waals surface area contributed by atoms with Gasteiger partial charge in [0.1, 0.15) is 5.75 Å². The Hall–Kier alpha value is -2.09. The van der Waals surface area contributed by atoms with Crippen molar-refractivity contribution in [1.29, 1.82) is 0 Å². The maximum Gasteiger partial charge on any atom is 0.192 e. The van der Waals surface area contributed by atoms with E-state index in [0.29, 0.717) is 11.6 Å². The topological polar surface area (TPSA) is 21.6 Å². The Kier molecular flexibility index (Phi) is 5.65. The second-order valence-corrected chi connectivity index (χ2v) is 3.87. The normalized spacial score (nSPS) is 12.3. The van der Waals surface area contributed by atoms with Gasteiger partial charge >= 0.3 is 0 Å². The fraction of sp³-hybridized carbons (Fsp3) is 0.188. The second-order valence-electron chi connectivity index (χ2n) is 3.87. The van der Waals surface area contributed by atoms with Crippen LogP contribution in [0.15, 0.2) is 65.8 Å². The van der Waals surface area contributed by atoms with Gasteiger partial charge in [0, 0.05) is 6.92 Å². The van der Waals surface area contributed by atoms with Crippen LogP contribution in [0.25, 0.3) is 0 Å². The van der Waals surface area contributed by atoms with E-state index >= 15 is 0 Å². The number of hydrogen-bond donors (Lipinski definition) is 0. The zero-order valence-electron chi connectivity index (χ0n) is 11.2. The Morgan fingerprint density at radius 1 is 1.28 bits per heavy atom. The van der Waals surface area contributed by atoms with Crippen LogP contribution in [0.3, 0.4) is 0 Å². The lowest BCUT2D eigenvalue weighted by atomic mass is 10.2. The van der Waals surface area contributed by atoms with Crippen molar-refractivity contribution in [2.45, 2.75) is 20.8 Å². The molecule has 0 N–H and O–H groups in total. The van der Waals surface area contributed by atoms with Crippen LogP contribution in [0.4, 0.5) is 0 Å². The number of aliphatic imine (C=N–C) groups is 1. The average Bonchev–Trinajstić information content (AvgIpc) is 2.32. The maximum atomic E-state index is 5.66. The van der Waals surface area contributed by atoms with E-state index < -0.39 is 0 Å². The SMILES string of the molecule is C=C(/C=C\C=C/C)/N=C(\C)Oc1ccccc1C. The summed E-state index contributed by atoms with van der Waals surface area (Å²) in [6, 6.07) is 7.85. The van der Waals surface area contributed by atoms with Crippen molar-refractivity contribution in [3.63, 3.8) is 0 Å². The first-order valence-corrected chi connectivity index (χ1v) is 5.90. The lowest BCUT2D eigenvalue weighted by Gasteiger charge is -2.07. The van der Waals surface area contributed by atoms with Crippen LogP contribution in [-0.2, 0) is 0 Å². The van der Waals surface area contributed by atoms with Crippen LogP contribution in [0.5, 0.6) is 5.75 Å². The lowest BCUT2D eigenvalue weighted by molar-refractivity contribution is 0.541. The quantitative estimate of drug-likeness (QED) is 0.434. The Bertz CT molecular complexity index is 496.